The van der Waals surface area contributed by atoms with Gasteiger partial charge in [0, 0.05) is 19.4 Å². The minimum absolute atomic E-state index is 0.0301. The Morgan fingerprint density at radius 2 is 2.05 bits per heavy atom. The second-order valence-electron chi connectivity index (χ2n) is 5.16. The third-order valence-corrected chi connectivity index (χ3v) is 6.05. The lowest BCUT2D eigenvalue weighted by atomic mass is 10.3. The van der Waals surface area contributed by atoms with Crippen LogP contribution in [0, 0.1) is 0 Å². The minimum Gasteiger partial charge on any atom is -0.438 e. The van der Waals surface area contributed by atoms with Gasteiger partial charge in [0.1, 0.15) is 6.10 Å². The van der Waals surface area contributed by atoms with E-state index in [0.29, 0.717) is 19.4 Å². The molecule has 0 aromatic carbocycles. The van der Waals surface area contributed by atoms with E-state index in [1.165, 1.54) is 12.0 Å². The molecule has 21 heavy (non-hydrogen) atoms. The summed E-state index contributed by atoms with van der Waals surface area (Å²) in [6, 6.07) is 0. The van der Waals surface area contributed by atoms with E-state index in [9.17, 15) is 18.0 Å². The van der Waals surface area contributed by atoms with Crippen LogP contribution >= 0.6 is 0 Å². The van der Waals surface area contributed by atoms with Crippen molar-refractivity contribution in [1.82, 2.24) is 4.90 Å². The molecule has 2 atom stereocenters. The standard InChI is InChI=1S/C13H23NO6S/c1-4-10(2)21(17,18)8-6-12(15)14-7-5-11(9-14)20-13(16)19-3/h10-11H,4-9H2,1-3H3. The zero-order valence-corrected chi connectivity index (χ0v) is 13.5. The number of ether oxygens (including phenoxy) is 2. The van der Waals surface area contributed by atoms with Gasteiger partial charge in [0.25, 0.3) is 0 Å². The van der Waals surface area contributed by atoms with Gasteiger partial charge < -0.3 is 14.4 Å². The van der Waals surface area contributed by atoms with Crippen molar-refractivity contribution in [2.24, 2.45) is 0 Å². The van der Waals surface area contributed by atoms with Gasteiger partial charge in [-0.3, -0.25) is 4.79 Å². The van der Waals surface area contributed by atoms with Crippen LogP contribution in [0.1, 0.15) is 33.1 Å². The highest BCUT2D eigenvalue weighted by atomic mass is 32.2. The number of hydrogen-bond acceptors (Lipinski definition) is 6. The van der Waals surface area contributed by atoms with Gasteiger partial charge in [-0.05, 0) is 13.3 Å². The number of likely N-dealkylation sites (tertiary alicyclic amines) is 1. The minimum atomic E-state index is -3.22. The molecule has 1 heterocycles. The lowest BCUT2D eigenvalue weighted by Crippen LogP contribution is -2.33. The van der Waals surface area contributed by atoms with Gasteiger partial charge in [-0.2, -0.15) is 0 Å². The van der Waals surface area contributed by atoms with Crippen LogP contribution in [0.2, 0.25) is 0 Å². The first-order chi connectivity index (χ1) is 9.80. The van der Waals surface area contributed by atoms with Crippen LogP contribution in [-0.2, 0) is 24.1 Å². The van der Waals surface area contributed by atoms with Gasteiger partial charge in [-0.25, -0.2) is 13.2 Å². The van der Waals surface area contributed by atoms with E-state index in [1.807, 2.05) is 0 Å². The zero-order chi connectivity index (χ0) is 16.0. The smallest absolute Gasteiger partial charge is 0.438 e. The molecule has 0 radical (unpaired) electrons. The lowest BCUT2D eigenvalue weighted by Gasteiger charge is -2.17. The average molecular weight is 321 g/mol. The molecular formula is C13H23NO6S. The first kappa shape index (κ1) is 17.7. The lowest BCUT2D eigenvalue weighted by molar-refractivity contribution is -0.130. The van der Waals surface area contributed by atoms with Crippen LogP contribution < -0.4 is 0 Å². The van der Waals surface area contributed by atoms with E-state index >= 15 is 0 Å². The summed E-state index contributed by atoms with van der Waals surface area (Å²) in [7, 11) is -2.00. The number of hydrogen-bond donors (Lipinski definition) is 0. The molecule has 0 N–H and O–H groups in total. The molecule has 0 aliphatic carbocycles. The summed E-state index contributed by atoms with van der Waals surface area (Å²) < 4.78 is 33.1. The van der Waals surface area contributed by atoms with Gasteiger partial charge in [0.05, 0.1) is 24.7 Å². The molecule has 1 aliphatic rings. The molecule has 0 aromatic rings. The Bertz CT molecular complexity index is 475. The van der Waals surface area contributed by atoms with Crippen molar-refractivity contribution in [3.05, 3.63) is 0 Å². The molecule has 0 spiro atoms. The van der Waals surface area contributed by atoms with Crippen LogP contribution in [0.3, 0.4) is 0 Å². The maximum absolute atomic E-state index is 12.0. The SMILES string of the molecule is CCC(C)S(=O)(=O)CCC(=O)N1CCC(OC(=O)OC)C1. The summed E-state index contributed by atoms with van der Waals surface area (Å²) in [5, 5.41) is -0.431. The summed E-state index contributed by atoms with van der Waals surface area (Å²) in [6.45, 7) is 4.20. The molecule has 1 saturated heterocycles. The molecule has 2 unspecified atom stereocenters. The third kappa shape index (κ3) is 5.18. The molecule has 1 aliphatic heterocycles. The number of rotatable bonds is 6. The highest BCUT2D eigenvalue weighted by Crippen LogP contribution is 2.15. The quantitative estimate of drug-likeness (QED) is 0.677. The van der Waals surface area contributed by atoms with E-state index in [1.54, 1.807) is 13.8 Å². The van der Waals surface area contributed by atoms with Gasteiger partial charge >= 0.3 is 6.16 Å². The second-order valence-corrected chi connectivity index (χ2v) is 7.70. The molecular weight excluding hydrogens is 298 g/mol. The first-order valence-corrected chi connectivity index (χ1v) is 8.75. The fourth-order valence-corrected chi connectivity index (χ4v) is 3.45. The Labute approximate surface area is 125 Å². The van der Waals surface area contributed by atoms with Crippen molar-refractivity contribution in [3.8, 4) is 0 Å². The summed E-state index contributed by atoms with van der Waals surface area (Å²) in [4.78, 5) is 24.5. The van der Waals surface area contributed by atoms with Gasteiger partial charge in [0.15, 0.2) is 9.84 Å². The molecule has 1 rings (SSSR count). The maximum Gasteiger partial charge on any atom is 0.508 e. The van der Waals surface area contributed by atoms with Crippen molar-refractivity contribution in [3.63, 3.8) is 0 Å². The Hall–Kier alpha value is -1.31. The number of amides is 1. The topological polar surface area (TPSA) is 90.0 Å². The average Bonchev–Trinajstić information content (AvgIpc) is 2.92. The Balaban J connectivity index is 2.42. The van der Waals surface area contributed by atoms with Crippen molar-refractivity contribution < 1.29 is 27.5 Å². The van der Waals surface area contributed by atoms with Crippen molar-refractivity contribution >= 4 is 21.9 Å². The van der Waals surface area contributed by atoms with Gasteiger partial charge in [-0.15, -0.1) is 0 Å². The summed E-state index contributed by atoms with van der Waals surface area (Å²) in [5.74, 6) is -0.363. The number of carbonyl (C=O) groups excluding carboxylic acids is 2. The second kappa shape index (κ2) is 7.63. The Morgan fingerprint density at radius 3 is 2.62 bits per heavy atom. The molecule has 1 fully saturated rings. The van der Waals surface area contributed by atoms with Crippen LogP contribution in [0.25, 0.3) is 0 Å². The fraction of sp³-hybridized carbons (Fsp3) is 0.846. The number of nitrogens with zero attached hydrogens (tertiary/aromatic N) is 1. The van der Waals surface area contributed by atoms with E-state index in [2.05, 4.69) is 4.74 Å². The largest absolute Gasteiger partial charge is 0.508 e. The number of methoxy groups -OCH3 is 1. The fourth-order valence-electron chi connectivity index (χ4n) is 2.08. The van der Waals surface area contributed by atoms with Crippen LogP contribution in [-0.4, -0.2) is 62.7 Å². The molecule has 122 valence electrons. The molecule has 0 aromatic heterocycles. The highest BCUT2D eigenvalue weighted by Gasteiger charge is 2.30. The van der Waals surface area contributed by atoms with Crippen LogP contribution in [0.4, 0.5) is 4.79 Å². The predicted octanol–water partition coefficient (Wildman–Crippen LogP) is 0.974. The van der Waals surface area contributed by atoms with E-state index < -0.39 is 21.2 Å². The molecule has 0 saturated carbocycles. The summed E-state index contributed by atoms with van der Waals surface area (Å²) >= 11 is 0. The summed E-state index contributed by atoms with van der Waals surface area (Å²) in [5.41, 5.74) is 0. The van der Waals surface area contributed by atoms with Gasteiger partial charge in [-0.1, -0.05) is 6.92 Å². The van der Waals surface area contributed by atoms with Crippen molar-refractivity contribution in [1.29, 1.82) is 0 Å². The number of carbonyl (C=O) groups is 2. The maximum atomic E-state index is 12.0. The van der Waals surface area contributed by atoms with Gasteiger partial charge in [0.2, 0.25) is 5.91 Å². The Morgan fingerprint density at radius 1 is 1.38 bits per heavy atom. The Kier molecular flexibility index (Phi) is 6.44. The normalized spacial score (nSPS) is 20.1. The molecule has 1 amide bonds. The first-order valence-electron chi connectivity index (χ1n) is 7.04. The monoisotopic (exact) mass is 321 g/mol. The summed E-state index contributed by atoms with van der Waals surface area (Å²) in [6.07, 6.45) is -0.104. The predicted molar refractivity (Wildman–Crippen MR) is 76.6 cm³/mol. The van der Waals surface area contributed by atoms with E-state index in [4.69, 9.17) is 4.74 Å². The number of sulfone groups is 1. The van der Waals surface area contributed by atoms with Crippen LogP contribution in [0.15, 0.2) is 0 Å². The molecule has 0 bridgehead atoms. The highest BCUT2D eigenvalue weighted by molar-refractivity contribution is 7.92. The van der Waals surface area contributed by atoms with Crippen molar-refractivity contribution in [2.45, 2.75) is 44.5 Å². The zero-order valence-electron chi connectivity index (χ0n) is 12.7. The third-order valence-electron chi connectivity index (χ3n) is 3.72. The van der Waals surface area contributed by atoms with E-state index in [0.717, 1.165) is 0 Å². The van der Waals surface area contributed by atoms with Crippen molar-refractivity contribution in [2.75, 3.05) is 26.0 Å². The van der Waals surface area contributed by atoms with E-state index in [-0.39, 0.29) is 30.7 Å². The molecule has 8 heteroatoms. The molecule has 7 nitrogen and oxygen atoms in total. The van der Waals surface area contributed by atoms with Crippen LogP contribution in [0.5, 0.6) is 0 Å².